The molecule has 0 saturated carbocycles. The van der Waals surface area contributed by atoms with Gasteiger partial charge in [-0.1, -0.05) is 78.9 Å². The van der Waals surface area contributed by atoms with Gasteiger partial charge in [-0.15, -0.1) is 0 Å². The SMILES string of the molecule is C[C@H](NC(=O)CNC(=O)[C@@H](NC(=O)[C@H](Cc1ccccc1)NC(=O)CNC(=O)CNC(=O)[C@@H](N)Cc1ccccc1)[C@@H](C)O)C(=O)N[C@@H](CCCNC(=N)N)C(=O)N[C@@H](CCCCN)C(=O)N[C@@H](CO)C(=O)N[C@@H](C)C(=O)N[C@@H](CCCNC(=N)N)C(=O)N[C@@H](CCCCN)C(=O)N[C@@H](CCCNC(=N)N)C(=O)N[C@@H](Cc1c[nH]c2ccccc12)C(=O)N[C@@H](CC(N)=O)C(=O)N[C@@H](CCC(N)=O)C(=O)O. The van der Waals surface area contributed by atoms with Crippen LogP contribution in [0, 0.1) is 16.2 Å². The van der Waals surface area contributed by atoms with Crippen molar-refractivity contribution in [2.45, 2.75) is 227 Å². The average molecular weight is 1970 g/mol. The van der Waals surface area contributed by atoms with E-state index in [2.05, 4.69) is 106 Å². The third kappa shape index (κ3) is 44.7. The quantitative estimate of drug-likeness (QED) is 0.0111. The second kappa shape index (κ2) is 62.5. The molecule has 0 unspecified atom stereocenters. The van der Waals surface area contributed by atoms with Crippen molar-refractivity contribution < 1.29 is 106 Å². The van der Waals surface area contributed by atoms with Crippen molar-refractivity contribution in [2.24, 2.45) is 45.9 Å². The van der Waals surface area contributed by atoms with E-state index in [1.165, 1.54) is 13.1 Å². The van der Waals surface area contributed by atoms with Gasteiger partial charge >= 0.3 is 5.97 Å². The number of rotatable bonds is 66. The lowest BCUT2D eigenvalue weighted by Crippen LogP contribution is -2.61. The van der Waals surface area contributed by atoms with E-state index in [0.29, 0.717) is 22.0 Å². The summed E-state index contributed by atoms with van der Waals surface area (Å²) in [5.74, 6) is -21.2. The van der Waals surface area contributed by atoms with E-state index < -0.39 is 266 Å². The van der Waals surface area contributed by atoms with Crippen LogP contribution in [-0.2, 0) is 110 Å². The molecule has 0 bridgehead atoms. The number of aliphatic hydroxyl groups is 2. The maximum absolute atomic E-state index is 14.9. The van der Waals surface area contributed by atoms with Crippen LogP contribution in [0.1, 0.15) is 134 Å². The summed E-state index contributed by atoms with van der Waals surface area (Å²) in [6.07, 6.45) is -2.55. The summed E-state index contributed by atoms with van der Waals surface area (Å²) in [7, 11) is 0. The highest BCUT2D eigenvalue weighted by Crippen LogP contribution is 2.21. The van der Waals surface area contributed by atoms with Crippen molar-refractivity contribution in [3.8, 4) is 0 Å². The molecule has 1 heterocycles. The average Bonchev–Trinajstić information content (AvgIpc) is 1.62. The van der Waals surface area contributed by atoms with E-state index in [0.717, 1.165) is 19.4 Å². The van der Waals surface area contributed by atoms with E-state index in [-0.39, 0.29) is 129 Å². The number of carboxylic acid groups (broad SMARTS) is 1. The molecule has 0 aliphatic heterocycles. The van der Waals surface area contributed by atoms with Gasteiger partial charge in [-0.2, -0.15) is 0 Å². The molecular formula is C87H135N31O22. The van der Waals surface area contributed by atoms with Crippen LogP contribution in [-0.4, -0.2) is 300 Å². The minimum atomic E-state index is -1.88. The maximum atomic E-state index is 14.9. The first-order chi connectivity index (χ1) is 66.4. The van der Waals surface area contributed by atoms with Crippen LogP contribution in [0.5, 0.6) is 0 Å². The second-order valence-corrected chi connectivity index (χ2v) is 32.9. The third-order valence-electron chi connectivity index (χ3n) is 21.3. The minimum absolute atomic E-state index is 0.00815. The number of benzene rings is 3. The van der Waals surface area contributed by atoms with Gasteiger partial charge in [0.25, 0.3) is 0 Å². The summed E-state index contributed by atoms with van der Waals surface area (Å²) in [6, 6.07) is 1.60. The van der Waals surface area contributed by atoms with Crippen LogP contribution in [0.4, 0.5) is 0 Å². The lowest BCUT2D eigenvalue weighted by atomic mass is 10.0. The first-order valence-corrected chi connectivity index (χ1v) is 45.3. The Bertz CT molecular complexity index is 4880. The number of hydrogen-bond acceptors (Lipinski definition) is 27. The third-order valence-corrected chi connectivity index (χ3v) is 21.3. The first kappa shape index (κ1) is 117. The zero-order valence-corrected chi connectivity index (χ0v) is 78.1. The second-order valence-electron chi connectivity index (χ2n) is 32.9. The number of guanidine groups is 3. The number of aliphatic carboxylic acids is 1. The number of nitrogens with one attached hydrogen (secondary N) is 23. The van der Waals surface area contributed by atoms with Crippen LogP contribution in [0.3, 0.4) is 0 Å². The number of nitrogens with two attached hydrogens (primary N) is 8. The Morgan fingerprint density at radius 1 is 0.357 bits per heavy atom. The summed E-state index contributed by atoms with van der Waals surface area (Å²) in [4.78, 5) is 263. The van der Waals surface area contributed by atoms with Crippen LogP contribution in [0.2, 0.25) is 0 Å². The Morgan fingerprint density at radius 2 is 0.729 bits per heavy atom. The number of hydrogen-bond donors (Lipinski definition) is 34. The van der Waals surface area contributed by atoms with Gasteiger partial charge in [0.2, 0.25) is 106 Å². The molecule has 0 fully saturated rings. The highest BCUT2D eigenvalue weighted by Gasteiger charge is 2.39. The lowest BCUT2D eigenvalue weighted by molar-refractivity contribution is -0.143. The van der Waals surface area contributed by atoms with Crippen LogP contribution in [0.25, 0.3) is 10.9 Å². The molecule has 140 heavy (non-hydrogen) atoms. The van der Waals surface area contributed by atoms with E-state index in [9.17, 15) is 106 Å². The van der Waals surface area contributed by atoms with Gasteiger partial charge in [-0.25, -0.2) is 4.79 Å². The van der Waals surface area contributed by atoms with E-state index in [1.54, 1.807) is 84.9 Å². The largest absolute Gasteiger partial charge is 0.480 e. The van der Waals surface area contributed by atoms with E-state index in [4.69, 9.17) is 62.1 Å². The number of carbonyl (C=O) groups excluding carboxylic acids is 18. The molecule has 42 N–H and O–H groups in total. The molecule has 53 heteroatoms. The molecule has 4 rings (SSSR count). The molecule has 0 aliphatic carbocycles. The number of carbonyl (C=O) groups is 19. The highest BCUT2D eigenvalue weighted by atomic mass is 16.4. The molecule has 53 nitrogen and oxygen atoms in total. The monoisotopic (exact) mass is 1970 g/mol. The molecule has 0 radical (unpaired) electrons. The molecule has 0 saturated heterocycles. The fourth-order valence-electron chi connectivity index (χ4n) is 13.8. The van der Waals surface area contributed by atoms with Crippen LogP contribution in [0.15, 0.2) is 91.1 Å². The van der Waals surface area contributed by atoms with Gasteiger partial charge in [-0.05, 0) is 147 Å². The first-order valence-electron chi connectivity index (χ1n) is 45.3. The van der Waals surface area contributed by atoms with Crippen molar-refractivity contribution >= 4 is 141 Å². The Hall–Kier alpha value is -15.3. The normalized spacial score (nSPS) is 14.1. The van der Waals surface area contributed by atoms with Crippen LogP contribution < -0.4 is 147 Å². The fraction of sp³-hybridized carbons (Fsp3) is 0.517. The number of amides is 18. The van der Waals surface area contributed by atoms with Gasteiger partial charge in [0.05, 0.1) is 44.8 Å². The molecule has 15 atom stereocenters. The Balaban J connectivity index is 1.51. The number of para-hydroxylation sites is 1. The molecule has 3 aromatic carbocycles. The predicted octanol–water partition coefficient (Wildman–Crippen LogP) is -11.1. The molecule has 18 amide bonds. The maximum Gasteiger partial charge on any atom is 0.326 e. The summed E-state index contributed by atoms with van der Waals surface area (Å²) < 4.78 is 0. The zero-order valence-electron chi connectivity index (χ0n) is 78.1. The van der Waals surface area contributed by atoms with E-state index in [1.807, 2.05) is 0 Å². The van der Waals surface area contributed by atoms with Crippen LogP contribution >= 0.6 is 0 Å². The van der Waals surface area contributed by atoms with Gasteiger partial charge < -0.3 is 167 Å². The van der Waals surface area contributed by atoms with E-state index >= 15 is 0 Å². The number of aromatic amines is 1. The molecule has 1 aromatic heterocycles. The number of fused-ring (bicyclic) bond motifs is 1. The smallest absolute Gasteiger partial charge is 0.326 e. The fourth-order valence-corrected chi connectivity index (χ4v) is 13.8. The van der Waals surface area contributed by atoms with Gasteiger partial charge in [0, 0.05) is 56.0 Å². The number of carboxylic acids is 1. The number of aromatic nitrogens is 1. The van der Waals surface area contributed by atoms with Crippen molar-refractivity contribution in [3.05, 3.63) is 108 Å². The number of primary amides is 2. The highest BCUT2D eigenvalue weighted by molar-refractivity contribution is 6.02. The molecule has 0 aliphatic rings. The topological polar surface area (TPSA) is 909 Å². The number of H-pyrrole nitrogens is 1. The van der Waals surface area contributed by atoms with Crippen molar-refractivity contribution in [1.29, 1.82) is 16.2 Å². The zero-order chi connectivity index (χ0) is 104. The summed E-state index contributed by atoms with van der Waals surface area (Å²) >= 11 is 0. The molecule has 0 spiro atoms. The number of unbranched alkanes of at least 4 members (excludes halogenated alkanes) is 2. The van der Waals surface area contributed by atoms with Gasteiger partial charge in [0.15, 0.2) is 17.9 Å². The lowest BCUT2D eigenvalue weighted by Gasteiger charge is -2.28. The predicted molar refractivity (Wildman–Crippen MR) is 508 cm³/mol. The Morgan fingerprint density at radius 3 is 1.19 bits per heavy atom. The Labute approximate surface area is 806 Å². The standard InChI is InChI=1S/C87H135N31O22/c1-46(106-68(124)44-105-83(138)70(48(3)120)118-81(136)61(38-50-21-8-5-9-22-50)108-69(125)43-103-67(123)42-104-73(128)53(90)37-49-19-6-4-7-20-49)71(126)109-57(27-16-34-99-85(93)94)75(130)112-56(26-13-15-33-89)78(133)117-64(45-119)82(137)107-47(2)72(127)110-58(28-17-35-100-86(95)96)76(131)111-55(25-12-14-32-88)74(129)113-59(29-18-36-101-87(97)98)77(132)115-62(39-51-41-102-54-24-11-10-23-52(51)54)79(134)116-63(40-66(92)122)80(135)114-60(84(139)140)30-31-65(91)121/h4-11,19-24,41,46-48,53,55-64,70,102,119-120H,12-18,25-40,42-45,88-90H2,1-3H3,(H2,91,121)(H2,92,122)(H,103,123)(H,104,128)(H,105,138)(H,106,124)(H,107,137)(H,108,125)(H,109,126)(H,110,127)(H,111,131)(H,112,130)(H,113,129)(H,114,135)(H,115,132)(H,116,134)(H,117,133)(H,118,136)(H,139,140)(H4,93,94,99)(H4,95,96,100)(H4,97,98,101)/t46-,47-,48+,53-,55-,56-,57-,58-,59-,60-,61-,62-,63-,64-,70-/m0/s1. The summed E-state index contributed by atoms with van der Waals surface area (Å²) in [5, 5.41) is 101. The van der Waals surface area contributed by atoms with Crippen molar-refractivity contribution in [1.82, 2.24) is 106 Å². The number of aliphatic hydroxyl groups excluding tert-OH is 2. The van der Waals surface area contributed by atoms with Gasteiger partial charge in [-0.3, -0.25) is 103 Å². The summed E-state index contributed by atoms with van der Waals surface area (Å²) in [5.41, 5.74) is 47.3. The Kier molecular flexibility index (Phi) is 52.2. The van der Waals surface area contributed by atoms with Gasteiger partial charge in [0.1, 0.15) is 78.5 Å². The molecule has 770 valence electrons. The van der Waals surface area contributed by atoms with Crippen molar-refractivity contribution in [2.75, 3.05) is 59.0 Å². The van der Waals surface area contributed by atoms with Crippen molar-refractivity contribution in [3.63, 3.8) is 0 Å². The minimum Gasteiger partial charge on any atom is -0.480 e. The summed E-state index contributed by atoms with van der Waals surface area (Å²) in [6.45, 7) is 0.363. The molecular weight excluding hydrogens is 1830 g/mol. The molecule has 4 aromatic rings.